The molecule has 0 atom stereocenters. The van der Waals surface area contributed by atoms with Crippen LogP contribution in [0, 0.1) is 0 Å². The highest BCUT2D eigenvalue weighted by Crippen LogP contribution is 2.58. The van der Waals surface area contributed by atoms with Gasteiger partial charge in [0.05, 0.1) is 16.8 Å². The molecule has 1 fully saturated rings. The van der Waals surface area contributed by atoms with Crippen molar-refractivity contribution >= 4 is 27.8 Å². The first-order valence-electron chi connectivity index (χ1n) is 25.1. The van der Waals surface area contributed by atoms with E-state index in [4.69, 9.17) is 0 Å². The Labute approximate surface area is 407 Å². The zero-order chi connectivity index (χ0) is 46.1. The van der Waals surface area contributed by atoms with Gasteiger partial charge in [-0.05, 0) is 132 Å². The molecule has 0 N–H and O–H groups in total. The Bertz CT molecular complexity index is 3530. The fourth-order valence-electron chi connectivity index (χ4n) is 13.0. The van der Waals surface area contributed by atoms with Crippen molar-refractivity contribution in [3.8, 4) is 44.5 Å². The number of para-hydroxylation sites is 2. The first-order valence-corrected chi connectivity index (χ1v) is 25.1. The monoisotopic (exact) mass is 885 g/mol. The molecule has 1 saturated carbocycles. The summed E-state index contributed by atoms with van der Waals surface area (Å²) < 4.78 is 0. The van der Waals surface area contributed by atoms with Crippen LogP contribution >= 0.6 is 0 Å². The van der Waals surface area contributed by atoms with Crippen molar-refractivity contribution in [3.05, 3.63) is 269 Å². The predicted molar refractivity (Wildman–Crippen MR) is 290 cm³/mol. The molecule has 0 unspecified atom stereocenters. The van der Waals surface area contributed by atoms with E-state index >= 15 is 0 Å². The van der Waals surface area contributed by atoms with Gasteiger partial charge in [0.25, 0.3) is 0 Å². The Morgan fingerprint density at radius 2 is 0.899 bits per heavy atom. The molecule has 332 valence electrons. The highest BCUT2D eigenvalue weighted by Gasteiger charge is 2.46. The van der Waals surface area contributed by atoms with Crippen LogP contribution in [0.1, 0.15) is 90.8 Å². The van der Waals surface area contributed by atoms with Crippen LogP contribution in [-0.2, 0) is 10.8 Å². The second-order valence-electron chi connectivity index (χ2n) is 20.1. The van der Waals surface area contributed by atoms with E-state index in [-0.39, 0.29) is 5.41 Å². The minimum atomic E-state index is -0.541. The summed E-state index contributed by atoms with van der Waals surface area (Å²) in [5, 5.41) is 2.70. The summed E-state index contributed by atoms with van der Waals surface area (Å²) >= 11 is 0. The third kappa shape index (κ3) is 6.44. The SMILES string of the molecule is CC1(C)c2ccccc2-c2ccc(-c3ccccc3N(c3ccc4c(c3)C(c3ccccc3)(c3ccccc3)c3ccccc3-4)c3ccccc3-c3cccc4cccc(C5CCCCC5)c34)cc21. The van der Waals surface area contributed by atoms with E-state index < -0.39 is 5.41 Å². The molecule has 0 spiro atoms. The average molecular weight is 886 g/mol. The molecule has 0 bridgehead atoms. The molecule has 0 aliphatic heterocycles. The van der Waals surface area contributed by atoms with Crippen LogP contribution in [0.3, 0.4) is 0 Å². The Morgan fingerprint density at radius 1 is 0.377 bits per heavy atom. The Balaban J connectivity index is 1.09. The summed E-state index contributed by atoms with van der Waals surface area (Å²) in [6.07, 6.45) is 6.43. The van der Waals surface area contributed by atoms with Gasteiger partial charge in [0.15, 0.2) is 0 Å². The molecule has 69 heavy (non-hydrogen) atoms. The Kier molecular flexibility index (Phi) is 9.91. The van der Waals surface area contributed by atoms with Crippen molar-refractivity contribution in [1.29, 1.82) is 0 Å². The van der Waals surface area contributed by atoms with Crippen molar-refractivity contribution in [2.24, 2.45) is 0 Å². The molecule has 0 radical (unpaired) electrons. The Morgan fingerprint density at radius 3 is 1.61 bits per heavy atom. The van der Waals surface area contributed by atoms with Crippen LogP contribution in [0.4, 0.5) is 17.1 Å². The molecule has 3 aliphatic rings. The minimum absolute atomic E-state index is 0.124. The van der Waals surface area contributed by atoms with E-state index in [9.17, 15) is 0 Å². The van der Waals surface area contributed by atoms with Gasteiger partial charge in [-0.15, -0.1) is 0 Å². The van der Waals surface area contributed by atoms with Gasteiger partial charge in [-0.2, -0.15) is 0 Å². The lowest BCUT2D eigenvalue weighted by Crippen LogP contribution is -2.28. The second kappa shape index (κ2) is 16.5. The van der Waals surface area contributed by atoms with Crippen LogP contribution in [0.5, 0.6) is 0 Å². The largest absolute Gasteiger partial charge is 0.309 e. The summed E-state index contributed by atoms with van der Waals surface area (Å²) in [6.45, 7) is 4.77. The van der Waals surface area contributed by atoms with E-state index in [1.807, 2.05) is 0 Å². The standard InChI is InChI=1S/C68H55N/c1-67(2)60-36-16-12-31-54(60)56-42-40-48(44-62(56)67)52-30-14-18-38-64(52)69(65-39-19-15-33-58(65)59-35-21-25-47-24-20-34-53(66(47)59)46-22-6-3-7-23-46)51-41-43-57-55-32-13-17-37-61(55)68(63(57)45-51,49-26-8-4-9-27-49)50-28-10-5-11-29-50/h4-5,8-21,24-46H,3,6-7,22-23H2,1-2H3. The molecular weight excluding hydrogens is 831 g/mol. The maximum absolute atomic E-state index is 2.59. The predicted octanol–water partition coefficient (Wildman–Crippen LogP) is 18.4. The maximum Gasteiger partial charge on any atom is 0.0714 e. The van der Waals surface area contributed by atoms with Crippen LogP contribution in [0.2, 0.25) is 0 Å². The van der Waals surface area contributed by atoms with Crippen LogP contribution in [-0.4, -0.2) is 0 Å². The van der Waals surface area contributed by atoms with E-state index in [0.29, 0.717) is 5.92 Å². The summed E-state index contributed by atoms with van der Waals surface area (Å²) in [5.41, 5.74) is 22.3. The zero-order valence-corrected chi connectivity index (χ0v) is 39.5. The van der Waals surface area contributed by atoms with Crippen molar-refractivity contribution in [2.45, 2.75) is 62.7 Å². The van der Waals surface area contributed by atoms with Crippen molar-refractivity contribution in [1.82, 2.24) is 0 Å². The number of hydrogen-bond acceptors (Lipinski definition) is 1. The van der Waals surface area contributed by atoms with Gasteiger partial charge >= 0.3 is 0 Å². The van der Waals surface area contributed by atoms with E-state index in [1.165, 1.54) is 126 Å². The lowest BCUT2D eigenvalue weighted by atomic mass is 9.67. The van der Waals surface area contributed by atoms with Gasteiger partial charge in [-0.3, -0.25) is 0 Å². The third-order valence-corrected chi connectivity index (χ3v) is 16.2. The van der Waals surface area contributed by atoms with Gasteiger partial charge in [-0.25, -0.2) is 0 Å². The number of hydrogen-bond donors (Lipinski definition) is 0. The topological polar surface area (TPSA) is 3.24 Å². The normalized spacial score (nSPS) is 15.3. The summed E-state index contributed by atoms with van der Waals surface area (Å²) in [6, 6.07) is 87.3. The van der Waals surface area contributed by atoms with Crippen molar-refractivity contribution in [2.75, 3.05) is 4.90 Å². The number of nitrogens with zero attached hydrogens (tertiary/aromatic N) is 1. The second-order valence-corrected chi connectivity index (χ2v) is 20.1. The lowest BCUT2D eigenvalue weighted by molar-refractivity contribution is 0.445. The van der Waals surface area contributed by atoms with Gasteiger partial charge in [-0.1, -0.05) is 233 Å². The van der Waals surface area contributed by atoms with Crippen molar-refractivity contribution in [3.63, 3.8) is 0 Å². The quantitative estimate of drug-likeness (QED) is 0.147. The third-order valence-electron chi connectivity index (χ3n) is 16.2. The summed E-state index contributed by atoms with van der Waals surface area (Å²) in [4.78, 5) is 2.59. The first-order chi connectivity index (χ1) is 34.0. The minimum Gasteiger partial charge on any atom is -0.309 e. The van der Waals surface area contributed by atoms with E-state index in [2.05, 4.69) is 249 Å². The van der Waals surface area contributed by atoms with Gasteiger partial charge < -0.3 is 4.90 Å². The highest BCUT2D eigenvalue weighted by atomic mass is 15.1. The maximum atomic E-state index is 2.59. The Hall–Kier alpha value is -7.74. The smallest absolute Gasteiger partial charge is 0.0714 e. The fourth-order valence-corrected chi connectivity index (χ4v) is 13.0. The van der Waals surface area contributed by atoms with E-state index in [1.54, 1.807) is 0 Å². The first kappa shape index (κ1) is 41.4. The van der Waals surface area contributed by atoms with Crippen LogP contribution in [0.15, 0.2) is 231 Å². The molecule has 1 heteroatoms. The highest BCUT2D eigenvalue weighted by molar-refractivity contribution is 6.04. The molecule has 1 nitrogen and oxygen atoms in total. The van der Waals surface area contributed by atoms with Crippen LogP contribution in [0.25, 0.3) is 55.3 Å². The molecule has 10 aromatic carbocycles. The molecule has 10 aromatic rings. The van der Waals surface area contributed by atoms with Gasteiger partial charge in [0.2, 0.25) is 0 Å². The number of fused-ring (bicyclic) bond motifs is 7. The number of benzene rings is 10. The molecule has 0 saturated heterocycles. The number of rotatable bonds is 8. The molecule has 0 heterocycles. The summed E-state index contributed by atoms with van der Waals surface area (Å²) in [7, 11) is 0. The average Bonchev–Trinajstić information content (AvgIpc) is 3.84. The molecule has 3 aliphatic carbocycles. The molecule has 0 amide bonds. The van der Waals surface area contributed by atoms with Crippen LogP contribution < -0.4 is 4.90 Å². The molecular formula is C68H55N. The van der Waals surface area contributed by atoms with Crippen molar-refractivity contribution < 1.29 is 0 Å². The fraction of sp³-hybridized carbons (Fsp3) is 0.147. The van der Waals surface area contributed by atoms with Gasteiger partial charge in [0.1, 0.15) is 0 Å². The molecule has 13 rings (SSSR count). The molecule has 0 aromatic heterocycles. The lowest BCUT2D eigenvalue weighted by Gasteiger charge is -2.35. The van der Waals surface area contributed by atoms with E-state index in [0.717, 1.165) is 17.1 Å². The number of anilines is 3. The van der Waals surface area contributed by atoms with Gasteiger partial charge in [0, 0.05) is 22.2 Å². The zero-order valence-electron chi connectivity index (χ0n) is 39.5. The summed E-state index contributed by atoms with van der Waals surface area (Å²) in [5.74, 6) is 0.560.